The van der Waals surface area contributed by atoms with Gasteiger partial charge in [-0.15, -0.1) is 0 Å². The number of carbonyl (C=O) groups is 1. The topological polar surface area (TPSA) is 71.2 Å². The number of nitrogens with two attached hydrogens (primary N) is 1. The Kier molecular flexibility index (Phi) is 5.03. The van der Waals surface area contributed by atoms with Crippen LogP contribution in [0.5, 0.6) is 0 Å². The molecule has 1 unspecified atom stereocenters. The summed E-state index contributed by atoms with van der Waals surface area (Å²) in [5.74, 6) is -0.594. The predicted octanol–water partition coefficient (Wildman–Crippen LogP) is 0.821. The molecular weight excluding hydrogens is 259 g/mol. The van der Waals surface area contributed by atoms with Gasteiger partial charge in [0.05, 0.1) is 12.7 Å². The minimum atomic E-state index is -0.313. The highest BCUT2D eigenvalue weighted by Crippen LogP contribution is 2.17. The van der Waals surface area contributed by atoms with Crippen molar-refractivity contribution in [2.24, 2.45) is 5.73 Å². The predicted molar refractivity (Wildman–Crippen MR) is 74.4 cm³/mol. The number of carbonyl (C=O) groups excluding carboxylic acids is 1. The van der Waals surface area contributed by atoms with E-state index in [2.05, 4.69) is 15.2 Å². The molecule has 3 N–H and O–H groups in total. The van der Waals surface area contributed by atoms with Crippen LogP contribution < -0.4 is 11.1 Å². The number of primary amides is 1. The first-order chi connectivity index (χ1) is 9.54. The molecule has 110 valence electrons. The van der Waals surface area contributed by atoms with Crippen molar-refractivity contribution in [3.05, 3.63) is 29.8 Å². The molecule has 6 heteroatoms. The minimum absolute atomic E-state index is 0.0610. The van der Waals surface area contributed by atoms with Crippen LogP contribution in [0.4, 0.5) is 4.39 Å². The standard InChI is InChI=1S/C14H21FN4O/c1-10(11-6-12(15)8-17-7-11)18-13-2-4-19(5-3-13)9-14(16)20/h6-8,10,13,18H,2-5,9H2,1H3,(H2,16,20). The number of halogens is 1. The third-order valence-corrected chi connectivity index (χ3v) is 3.68. The average Bonchev–Trinajstić information content (AvgIpc) is 2.40. The third-order valence-electron chi connectivity index (χ3n) is 3.68. The molecule has 1 fully saturated rings. The zero-order valence-electron chi connectivity index (χ0n) is 11.7. The number of likely N-dealkylation sites (tertiary alicyclic amines) is 1. The quantitative estimate of drug-likeness (QED) is 0.837. The smallest absolute Gasteiger partial charge is 0.231 e. The summed E-state index contributed by atoms with van der Waals surface area (Å²) in [6.07, 6.45) is 4.81. The number of amides is 1. The van der Waals surface area contributed by atoms with Crippen LogP contribution in [0.25, 0.3) is 0 Å². The third kappa shape index (κ3) is 4.25. The van der Waals surface area contributed by atoms with Gasteiger partial charge in [-0.05, 0) is 31.4 Å². The molecule has 1 amide bonds. The lowest BCUT2D eigenvalue weighted by molar-refractivity contribution is -0.119. The SMILES string of the molecule is CC(NC1CCN(CC(N)=O)CC1)c1cncc(F)c1. The van der Waals surface area contributed by atoms with Crippen LogP contribution >= 0.6 is 0 Å². The first kappa shape index (κ1) is 14.9. The maximum atomic E-state index is 13.1. The summed E-state index contributed by atoms with van der Waals surface area (Å²) in [4.78, 5) is 16.8. The second-order valence-electron chi connectivity index (χ2n) is 5.34. The Morgan fingerprint density at radius 3 is 2.85 bits per heavy atom. The zero-order chi connectivity index (χ0) is 14.5. The maximum absolute atomic E-state index is 13.1. The molecule has 1 aromatic rings. The molecule has 1 saturated heterocycles. The Hall–Kier alpha value is -1.53. The molecule has 1 aromatic heterocycles. The number of nitrogens with one attached hydrogen (secondary N) is 1. The van der Waals surface area contributed by atoms with E-state index >= 15 is 0 Å². The number of pyridine rings is 1. The van der Waals surface area contributed by atoms with E-state index in [0.29, 0.717) is 12.6 Å². The van der Waals surface area contributed by atoms with Gasteiger partial charge in [-0.3, -0.25) is 14.7 Å². The second kappa shape index (κ2) is 6.76. The number of hydrogen-bond donors (Lipinski definition) is 2. The van der Waals surface area contributed by atoms with Gasteiger partial charge in [-0.1, -0.05) is 0 Å². The molecule has 0 saturated carbocycles. The first-order valence-electron chi connectivity index (χ1n) is 6.91. The van der Waals surface area contributed by atoms with Gasteiger partial charge in [-0.25, -0.2) is 4.39 Å². The summed E-state index contributed by atoms with van der Waals surface area (Å²) >= 11 is 0. The van der Waals surface area contributed by atoms with E-state index in [0.717, 1.165) is 31.5 Å². The molecule has 0 aromatic carbocycles. The van der Waals surface area contributed by atoms with Crippen LogP contribution in [-0.4, -0.2) is 41.5 Å². The summed E-state index contributed by atoms with van der Waals surface area (Å²) < 4.78 is 13.1. The van der Waals surface area contributed by atoms with Gasteiger partial charge in [0, 0.05) is 31.4 Å². The van der Waals surface area contributed by atoms with Gasteiger partial charge in [-0.2, -0.15) is 0 Å². The molecule has 0 spiro atoms. The Morgan fingerprint density at radius 1 is 1.55 bits per heavy atom. The molecule has 0 aliphatic carbocycles. The number of rotatable bonds is 5. The summed E-state index contributed by atoms with van der Waals surface area (Å²) in [5, 5.41) is 3.49. The normalized spacial score (nSPS) is 18.9. The van der Waals surface area contributed by atoms with Gasteiger partial charge < -0.3 is 11.1 Å². The minimum Gasteiger partial charge on any atom is -0.369 e. The zero-order valence-corrected chi connectivity index (χ0v) is 11.7. The fraction of sp³-hybridized carbons (Fsp3) is 0.571. The van der Waals surface area contributed by atoms with Crippen LogP contribution in [0.3, 0.4) is 0 Å². The molecular formula is C14H21FN4O. The van der Waals surface area contributed by atoms with Crippen LogP contribution in [0, 0.1) is 5.82 Å². The van der Waals surface area contributed by atoms with Crippen LogP contribution in [0.2, 0.25) is 0 Å². The van der Waals surface area contributed by atoms with E-state index in [4.69, 9.17) is 5.73 Å². The van der Waals surface area contributed by atoms with Crippen molar-refractivity contribution in [3.63, 3.8) is 0 Å². The van der Waals surface area contributed by atoms with E-state index < -0.39 is 0 Å². The van der Waals surface area contributed by atoms with Crippen LogP contribution in [-0.2, 0) is 4.79 Å². The lowest BCUT2D eigenvalue weighted by Crippen LogP contribution is -2.45. The highest BCUT2D eigenvalue weighted by molar-refractivity contribution is 5.75. The van der Waals surface area contributed by atoms with Crippen molar-refractivity contribution in [1.82, 2.24) is 15.2 Å². The summed E-state index contributed by atoms with van der Waals surface area (Å²) in [5.41, 5.74) is 6.04. The van der Waals surface area contributed by atoms with E-state index in [1.807, 2.05) is 6.92 Å². The van der Waals surface area contributed by atoms with Crippen molar-refractivity contribution >= 4 is 5.91 Å². The molecule has 2 heterocycles. The highest BCUT2D eigenvalue weighted by atomic mass is 19.1. The van der Waals surface area contributed by atoms with E-state index in [-0.39, 0.29) is 17.8 Å². The van der Waals surface area contributed by atoms with Crippen molar-refractivity contribution in [2.45, 2.75) is 31.8 Å². The van der Waals surface area contributed by atoms with Crippen molar-refractivity contribution in [2.75, 3.05) is 19.6 Å². The van der Waals surface area contributed by atoms with E-state index in [1.165, 1.54) is 12.3 Å². The van der Waals surface area contributed by atoms with Crippen molar-refractivity contribution in [1.29, 1.82) is 0 Å². The molecule has 1 aliphatic rings. The fourth-order valence-corrected chi connectivity index (χ4v) is 2.59. The molecule has 2 rings (SSSR count). The number of aromatic nitrogens is 1. The Morgan fingerprint density at radius 2 is 2.25 bits per heavy atom. The monoisotopic (exact) mass is 280 g/mol. The van der Waals surface area contributed by atoms with E-state index in [9.17, 15) is 9.18 Å². The number of piperidine rings is 1. The number of hydrogen-bond acceptors (Lipinski definition) is 4. The molecule has 0 radical (unpaired) electrons. The maximum Gasteiger partial charge on any atom is 0.231 e. The van der Waals surface area contributed by atoms with Gasteiger partial charge in [0.2, 0.25) is 5.91 Å². The molecule has 0 bridgehead atoms. The molecule has 1 atom stereocenters. The van der Waals surface area contributed by atoms with Crippen LogP contribution in [0.15, 0.2) is 18.5 Å². The van der Waals surface area contributed by atoms with E-state index in [1.54, 1.807) is 6.20 Å². The summed E-state index contributed by atoms with van der Waals surface area (Å²) in [6, 6.07) is 1.94. The van der Waals surface area contributed by atoms with Gasteiger partial charge in [0.1, 0.15) is 5.82 Å². The highest BCUT2D eigenvalue weighted by Gasteiger charge is 2.21. The summed E-state index contributed by atoms with van der Waals surface area (Å²) in [7, 11) is 0. The van der Waals surface area contributed by atoms with Gasteiger partial charge >= 0.3 is 0 Å². The van der Waals surface area contributed by atoms with Crippen molar-refractivity contribution < 1.29 is 9.18 Å². The Bertz CT molecular complexity index is 460. The first-order valence-corrected chi connectivity index (χ1v) is 6.91. The molecule has 5 nitrogen and oxygen atoms in total. The fourth-order valence-electron chi connectivity index (χ4n) is 2.59. The molecule has 1 aliphatic heterocycles. The number of nitrogens with zero attached hydrogens (tertiary/aromatic N) is 2. The second-order valence-corrected chi connectivity index (χ2v) is 5.34. The molecule has 20 heavy (non-hydrogen) atoms. The average molecular weight is 280 g/mol. The lowest BCUT2D eigenvalue weighted by atomic mass is 10.0. The van der Waals surface area contributed by atoms with Gasteiger partial charge in [0.15, 0.2) is 0 Å². The lowest BCUT2D eigenvalue weighted by Gasteiger charge is -2.33. The Labute approximate surface area is 118 Å². The summed E-state index contributed by atoms with van der Waals surface area (Å²) in [6.45, 7) is 4.05. The van der Waals surface area contributed by atoms with Crippen LogP contribution in [0.1, 0.15) is 31.4 Å². The Balaban J connectivity index is 1.82. The largest absolute Gasteiger partial charge is 0.369 e. The van der Waals surface area contributed by atoms with Gasteiger partial charge in [0.25, 0.3) is 0 Å². The van der Waals surface area contributed by atoms with Crippen molar-refractivity contribution in [3.8, 4) is 0 Å².